The first-order valence-electron chi connectivity index (χ1n) is 25.5. The summed E-state index contributed by atoms with van der Waals surface area (Å²) in [5, 5.41) is 33.3. The fourth-order valence-electron chi connectivity index (χ4n) is 16.5. The van der Waals surface area contributed by atoms with Crippen LogP contribution in [0.25, 0.3) is 0 Å². The van der Waals surface area contributed by atoms with Crippen molar-refractivity contribution in [1.82, 2.24) is 5.06 Å². The van der Waals surface area contributed by atoms with E-state index in [1.54, 1.807) is 6.92 Å². The molecular formula is C51H75NO14. The number of unbranched alkanes of at least 4 members (excludes halogenated alkanes) is 2. The highest BCUT2D eigenvalue weighted by atomic mass is 16.6. The smallest absolute Gasteiger partial charge is 0.317 e. The van der Waals surface area contributed by atoms with Crippen molar-refractivity contribution in [2.75, 3.05) is 26.4 Å². The molecule has 9 aliphatic carbocycles. The minimum Gasteiger partial charge on any atom is -0.465 e. The molecular weight excluding hydrogens is 851 g/mol. The van der Waals surface area contributed by atoms with E-state index in [-0.39, 0.29) is 73.8 Å². The third-order valence-corrected chi connectivity index (χ3v) is 18.9. The number of hydrogen-bond acceptors (Lipinski definition) is 14. The van der Waals surface area contributed by atoms with Gasteiger partial charge in [-0.2, -0.15) is 5.06 Å². The number of rotatable bonds is 16. The van der Waals surface area contributed by atoms with Crippen molar-refractivity contribution in [2.45, 2.75) is 131 Å². The van der Waals surface area contributed by atoms with E-state index in [1.807, 2.05) is 34.6 Å². The molecule has 9 saturated carbocycles. The Hall–Kier alpha value is -3.43. The molecule has 11 fully saturated rings. The van der Waals surface area contributed by atoms with Gasteiger partial charge in [0.1, 0.15) is 5.60 Å². The molecule has 15 nitrogen and oxygen atoms in total. The van der Waals surface area contributed by atoms with Gasteiger partial charge >= 0.3 is 29.8 Å². The minimum atomic E-state index is -1.15. The van der Waals surface area contributed by atoms with Crippen molar-refractivity contribution >= 4 is 41.7 Å². The first-order chi connectivity index (χ1) is 31.4. The van der Waals surface area contributed by atoms with E-state index in [4.69, 9.17) is 18.9 Å². The molecule has 2 amide bonds. The molecule has 6 bridgehead atoms. The van der Waals surface area contributed by atoms with E-state index in [1.165, 1.54) is 0 Å². The van der Waals surface area contributed by atoms with Gasteiger partial charge < -0.3 is 29.2 Å². The number of aliphatic hydroxyl groups is 2. The number of nitrogens with zero attached hydrogens (tertiary/aromatic N) is 1. The van der Waals surface area contributed by atoms with Crippen LogP contribution in [0.4, 0.5) is 0 Å². The van der Waals surface area contributed by atoms with E-state index >= 15 is 0 Å². The van der Waals surface area contributed by atoms with Gasteiger partial charge in [-0.15, -0.1) is 0 Å². The summed E-state index contributed by atoms with van der Waals surface area (Å²) in [7, 11) is 0. The lowest BCUT2D eigenvalue weighted by Crippen LogP contribution is -2.63. The molecule has 3 N–H and O–H groups in total. The van der Waals surface area contributed by atoms with Crippen LogP contribution in [0.15, 0.2) is 0 Å². The maximum absolute atomic E-state index is 15.0. The normalized spacial score (nSPS) is 40.8. The minimum absolute atomic E-state index is 0.0818. The first kappa shape index (κ1) is 49.0. The highest BCUT2D eigenvalue weighted by molar-refractivity contribution is 6.04. The molecule has 0 spiro atoms. The second-order valence-electron chi connectivity index (χ2n) is 23.0. The van der Waals surface area contributed by atoms with Gasteiger partial charge in [-0.05, 0) is 156 Å². The molecule has 2 saturated heterocycles. The van der Waals surface area contributed by atoms with E-state index in [2.05, 4.69) is 6.92 Å². The summed E-state index contributed by atoms with van der Waals surface area (Å²) >= 11 is 0. The van der Waals surface area contributed by atoms with Crippen LogP contribution in [0.1, 0.15) is 126 Å². The van der Waals surface area contributed by atoms with Gasteiger partial charge in [0.15, 0.2) is 0 Å². The van der Waals surface area contributed by atoms with Crippen molar-refractivity contribution in [3.05, 3.63) is 0 Å². The van der Waals surface area contributed by atoms with Crippen molar-refractivity contribution < 1.29 is 67.9 Å². The zero-order valence-corrected chi connectivity index (χ0v) is 40.1. The Kier molecular flexibility index (Phi) is 14.0. The number of carbonyl (C=O) groups excluding carboxylic acids is 7. The molecule has 368 valence electrons. The molecule has 11 aliphatic rings. The Labute approximate surface area is 389 Å². The molecule has 66 heavy (non-hydrogen) atoms. The third-order valence-electron chi connectivity index (χ3n) is 18.9. The summed E-state index contributed by atoms with van der Waals surface area (Å²) < 4.78 is 23.7. The van der Waals surface area contributed by atoms with Gasteiger partial charge in [0.2, 0.25) is 0 Å². The molecule has 19 atom stereocenters. The lowest BCUT2D eigenvalue weighted by atomic mass is 9.39. The molecule has 2 aliphatic heterocycles. The van der Waals surface area contributed by atoms with Crippen LogP contribution in [0.2, 0.25) is 0 Å². The van der Waals surface area contributed by atoms with Gasteiger partial charge in [0, 0.05) is 5.41 Å². The lowest BCUT2D eigenvalue weighted by molar-refractivity contribution is -0.202. The Morgan fingerprint density at radius 3 is 1.91 bits per heavy atom. The van der Waals surface area contributed by atoms with E-state index < -0.39 is 118 Å². The van der Waals surface area contributed by atoms with Crippen molar-refractivity contribution in [1.29, 1.82) is 0 Å². The maximum Gasteiger partial charge on any atom is 0.317 e. The number of hydrogen-bond donors (Lipinski definition) is 3. The predicted molar refractivity (Wildman–Crippen MR) is 234 cm³/mol. The van der Waals surface area contributed by atoms with Crippen LogP contribution in [0, 0.1) is 118 Å². The molecule has 0 aromatic rings. The zero-order chi connectivity index (χ0) is 47.7. The predicted octanol–water partition coefficient (Wildman–Crippen LogP) is 5.78. The Bertz CT molecular complexity index is 1910. The van der Waals surface area contributed by atoms with Crippen LogP contribution in [0.3, 0.4) is 0 Å². The second-order valence-corrected chi connectivity index (χ2v) is 23.0. The molecule has 0 aromatic heterocycles. The standard InChI is InChI=1S/C51H75NO14/c1-8-10-18-63-45(57)25(4)34(47(59)64-19-11-9-2)40-32-17-13-27(21-51(32,22-53)23-54)36(40)41-42(49(61)65-48(41)60)37-29-14-12-26(20-31(29)46(58)66-50(5,6)7)35(37)33-24(3)28-15-16-30(33)39-38(28)43(55)52(62)44(39)56/h24-42,53-54,62H,8-23H2,1-7H3. The molecule has 11 rings (SSSR count). The molecule has 19 unspecified atom stereocenters. The summed E-state index contributed by atoms with van der Waals surface area (Å²) in [6.07, 6.45) is 7.38. The van der Waals surface area contributed by atoms with Crippen LogP contribution in [-0.4, -0.2) is 94.2 Å². The zero-order valence-electron chi connectivity index (χ0n) is 40.1. The first-order valence-corrected chi connectivity index (χ1v) is 25.5. The summed E-state index contributed by atoms with van der Waals surface area (Å²) in [5.41, 5.74) is -1.84. The summed E-state index contributed by atoms with van der Waals surface area (Å²) in [6.45, 7) is 12.6. The Morgan fingerprint density at radius 1 is 0.742 bits per heavy atom. The Morgan fingerprint density at radius 2 is 1.30 bits per heavy atom. The van der Waals surface area contributed by atoms with Crippen LogP contribution < -0.4 is 0 Å². The fraction of sp³-hybridized carbons (Fsp3) is 0.863. The van der Waals surface area contributed by atoms with Crippen LogP contribution in [-0.2, 0) is 52.5 Å². The highest BCUT2D eigenvalue weighted by Crippen LogP contribution is 2.69. The van der Waals surface area contributed by atoms with Crippen molar-refractivity contribution in [3.63, 3.8) is 0 Å². The molecule has 2 heterocycles. The number of esters is 5. The molecule has 0 radical (unpaired) electrons. The van der Waals surface area contributed by atoms with Crippen molar-refractivity contribution in [2.24, 2.45) is 118 Å². The second kappa shape index (κ2) is 18.8. The van der Waals surface area contributed by atoms with E-state index in [0.29, 0.717) is 62.9 Å². The van der Waals surface area contributed by atoms with Gasteiger partial charge in [-0.3, -0.25) is 38.8 Å². The largest absolute Gasteiger partial charge is 0.465 e. The van der Waals surface area contributed by atoms with Gasteiger partial charge in [-0.25, -0.2) is 0 Å². The summed E-state index contributed by atoms with van der Waals surface area (Å²) in [6, 6.07) is 0. The molecule has 0 aromatic carbocycles. The lowest BCUT2D eigenvalue weighted by Gasteiger charge is -2.64. The summed E-state index contributed by atoms with van der Waals surface area (Å²) in [5.74, 6) is -14.9. The number of ether oxygens (including phenoxy) is 4. The van der Waals surface area contributed by atoms with Crippen LogP contribution >= 0.6 is 0 Å². The van der Waals surface area contributed by atoms with Gasteiger partial charge in [0.25, 0.3) is 11.8 Å². The Balaban J connectivity index is 1.26. The number of fused-ring (bicyclic) bond motifs is 9. The van der Waals surface area contributed by atoms with Gasteiger partial charge in [-0.1, -0.05) is 40.5 Å². The average molecular weight is 926 g/mol. The van der Waals surface area contributed by atoms with Gasteiger partial charge in [0.05, 0.1) is 67.9 Å². The van der Waals surface area contributed by atoms with Crippen molar-refractivity contribution in [3.8, 4) is 0 Å². The fourth-order valence-corrected chi connectivity index (χ4v) is 16.5. The SMILES string of the molecule is CCCCOC(=O)C(C)C(C(=O)OCCCC)C1C(C2C(=O)OC(=O)C2C2C3CCC(CC3C(=O)OC(C)(C)C)C2C2C(C)C3CCC2C2C(=O)N(O)C(=O)C32)C2CCC1C(CO)(CO)C2. The third kappa shape index (κ3) is 8.03. The van der Waals surface area contributed by atoms with Crippen LogP contribution in [0.5, 0.6) is 0 Å². The number of amides is 2. The number of imide groups is 1. The van der Waals surface area contributed by atoms with E-state index in [0.717, 1.165) is 19.3 Å². The highest BCUT2D eigenvalue weighted by Gasteiger charge is 2.71. The maximum atomic E-state index is 15.0. The average Bonchev–Trinajstić information content (AvgIpc) is 3.71. The molecule has 15 heteroatoms. The van der Waals surface area contributed by atoms with E-state index in [9.17, 15) is 49.0 Å². The number of hydroxylamine groups is 2. The summed E-state index contributed by atoms with van der Waals surface area (Å²) in [4.78, 5) is 100. The monoisotopic (exact) mass is 926 g/mol. The number of carbonyl (C=O) groups is 7. The number of aliphatic hydroxyl groups excluding tert-OH is 2. The topological polar surface area (TPSA) is 220 Å². The number of cyclic esters (lactones) is 2. The quantitative estimate of drug-likeness (QED) is 0.0418.